The van der Waals surface area contributed by atoms with E-state index in [-0.39, 0.29) is 17.7 Å². The van der Waals surface area contributed by atoms with Gasteiger partial charge in [0.2, 0.25) is 0 Å². The summed E-state index contributed by atoms with van der Waals surface area (Å²) in [5.41, 5.74) is 0.331. The molecule has 0 N–H and O–H groups in total. The minimum absolute atomic E-state index is 0.0439. The molecule has 0 bridgehead atoms. The first-order valence-corrected chi connectivity index (χ1v) is 8.21. The summed E-state index contributed by atoms with van der Waals surface area (Å²) in [6, 6.07) is 4.60. The maximum Gasteiger partial charge on any atom is 0.410 e. The highest BCUT2D eigenvalue weighted by Crippen LogP contribution is 2.28. The van der Waals surface area contributed by atoms with E-state index in [1.165, 1.54) is 12.1 Å². The number of nitrogens with zero attached hydrogens (tertiary/aromatic N) is 5. The third kappa shape index (κ3) is 3.40. The molecule has 1 fully saturated rings. The summed E-state index contributed by atoms with van der Waals surface area (Å²) >= 11 is 0. The lowest BCUT2D eigenvalue weighted by molar-refractivity contribution is 0.0185. The van der Waals surface area contributed by atoms with Gasteiger partial charge in [0.05, 0.1) is 6.04 Å². The Bertz CT molecular complexity index is 841. The number of hydrogen-bond donors (Lipinski definition) is 0. The first-order valence-electron chi connectivity index (χ1n) is 8.21. The molecule has 0 aliphatic carbocycles. The third-order valence-corrected chi connectivity index (χ3v) is 4.16. The van der Waals surface area contributed by atoms with E-state index in [0.717, 1.165) is 0 Å². The van der Waals surface area contributed by atoms with Crippen LogP contribution in [0.25, 0.3) is 11.0 Å². The van der Waals surface area contributed by atoms with Gasteiger partial charge < -0.3 is 9.64 Å². The van der Waals surface area contributed by atoms with Crippen LogP contribution in [0.2, 0.25) is 0 Å². The van der Waals surface area contributed by atoms with Crippen LogP contribution in [0.4, 0.5) is 9.18 Å². The fourth-order valence-electron chi connectivity index (χ4n) is 2.99. The van der Waals surface area contributed by atoms with Gasteiger partial charge >= 0.3 is 6.09 Å². The van der Waals surface area contributed by atoms with Gasteiger partial charge in [0, 0.05) is 13.1 Å². The summed E-state index contributed by atoms with van der Waals surface area (Å²) < 4.78 is 20.9. The normalized spacial score (nSPS) is 16.0. The van der Waals surface area contributed by atoms with Crippen LogP contribution in [-0.2, 0) is 4.74 Å². The van der Waals surface area contributed by atoms with Gasteiger partial charge in [-0.05, 0) is 45.7 Å². The summed E-state index contributed by atoms with van der Waals surface area (Å²) in [5, 5.41) is 17.4. The molecule has 0 saturated carbocycles. The van der Waals surface area contributed by atoms with Gasteiger partial charge in [0.1, 0.15) is 34.1 Å². The number of fused-ring (bicyclic) bond motifs is 1. The van der Waals surface area contributed by atoms with Gasteiger partial charge in [0.25, 0.3) is 0 Å². The number of amides is 1. The number of piperidine rings is 1. The Labute approximate surface area is 145 Å². The molecule has 2 aromatic rings. The second-order valence-electron chi connectivity index (χ2n) is 7.13. The van der Waals surface area contributed by atoms with Gasteiger partial charge in [-0.3, -0.25) is 0 Å². The largest absolute Gasteiger partial charge is 0.444 e. The van der Waals surface area contributed by atoms with Crippen molar-refractivity contribution >= 4 is 17.1 Å². The van der Waals surface area contributed by atoms with E-state index in [2.05, 4.69) is 10.3 Å². The van der Waals surface area contributed by atoms with Crippen molar-refractivity contribution in [3.63, 3.8) is 0 Å². The number of likely N-dealkylation sites (tertiary alicyclic amines) is 1. The third-order valence-electron chi connectivity index (χ3n) is 4.16. The minimum atomic E-state index is -0.579. The fourth-order valence-corrected chi connectivity index (χ4v) is 2.99. The number of rotatable bonds is 1. The second-order valence-corrected chi connectivity index (χ2v) is 7.13. The molecule has 1 amide bonds. The SMILES string of the molecule is CC(C)(C)OC(=O)N1CCC(n2nnc3ccc(F)c(C#N)c32)CC1. The molecule has 1 aliphatic rings. The van der Waals surface area contributed by atoms with E-state index in [0.29, 0.717) is 37.0 Å². The zero-order valence-corrected chi connectivity index (χ0v) is 14.5. The van der Waals surface area contributed by atoms with Crippen LogP contribution in [0.15, 0.2) is 12.1 Å². The van der Waals surface area contributed by atoms with Crippen LogP contribution in [-0.4, -0.2) is 44.7 Å². The predicted molar refractivity (Wildman–Crippen MR) is 88.3 cm³/mol. The maximum atomic E-state index is 13.9. The zero-order chi connectivity index (χ0) is 18.2. The Morgan fingerprint density at radius 1 is 1.36 bits per heavy atom. The molecule has 0 unspecified atom stereocenters. The molecule has 7 nitrogen and oxygen atoms in total. The fraction of sp³-hybridized carbons (Fsp3) is 0.529. The second kappa shape index (κ2) is 6.31. The van der Waals surface area contributed by atoms with Crippen LogP contribution in [0.5, 0.6) is 0 Å². The summed E-state index contributed by atoms with van der Waals surface area (Å²) in [6.45, 7) is 6.52. The number of benzene rings is 1. The molecule has 25 heavy (non-hydrogen) atoms. The van der Waals surface area contributed by atoms with Crippen molar-refractivity contribution in [1.29, 1.82) is 5.26 Å². The molecule has 1 aromatic heterocycles. The Balaban J connectivity index is 1.78. The highest BCUT2D eigenvalue weighted by Gasteiger charge is 2.29. The summed E-state index contributed by atoms with van der Waals surface area (Å²) in [6.07, 6.45) is 0.941. The van der Waals surface area contributed by atoms with Crippen molar-refractivity contribution in [3.05, 3.63) is 23.5 Å². The van der Waals surface area contributed by atoms with Gasteiger partial charge in [-0.25, -0.2) is 13.9 Å². The van der Waals surface area contributed by atoms with Crippen LogP contribution in [0.3, 0.4) is 0 Å². The van der Waals surface area contributed by atoms with Gasteiger partial charge in [-0.2, -0.15) is 5.26 Å². The van der Waals surface area contributed by atoms with E-state index in [4.69, 9.17) is 4.74 Å². The number of halogens is 1. The maximum absolute atomic E-state index is 13.9. The Hall–Kier alpha value is -2.69. The lowest BCUT2D eigenvalue weighted by atomic mass is 10.0. The van der Waals surface area contributed by atoms with E-state index in [1.807, 2.05) is 26.8 Å². The smallest absolute Gasteiger partial charge is 0.410 e. The lowest BCUT2D eigenvalue weighted by Crippen LogP contribution is -2.42. The van der Waals surface area contributed by atoms with Gasteiger partial charge in [0.15, 0.2) is 0 Å². The van der Waals surface area contributed by atoms with E-state index >= 15 is 0 Å². The van der Waals surface area contributed by atoms with Crippen molar-refractivity contribution in [2.75, 3.05) is 13.1 Å². The number of ether oxygens (including phenoxy) is 1. The van der Waals surface area contributed by atoms with Crippen molar-refractivity contribution < 1.29 is 13.9 Å². The van der Waals surface area contributed by atoms with Crippen LogP contribution in [0.1, 0.15) is 45.2 Å². The van der Waals surface area contributed by atoms with Crippen molar-refractivity contribution in [1.82, 2.24) is 19.9 Å². The Morgan fingerprint density at radius 3 is 2.64 bits per heavy atom. The summed E-state index contributed by atoms with van der Waals surface area (Å²) in [4.78, 5) is 13.8. The van der Waals surface area contributed by atoms with Crippen molar-refractivity contribution in [3.8, 4) is 6.07 Å². The first kappa shape index (κ1) is 17.1. The van der Waals surface area contributed by atoms with E-state index in [1.54, 1.807) is 9.58 Å². The molecule has 0 spiro atoms. The molecule has 0 radical (unpaired) electrons. The van der Waals surface area contributed by atoms with Gasteiger partial charge in [-0.1, -0.05) is 5.21 Å². The molecular formula is C17H20FN5O2. The average molecular weight is 345 g/mol. The van der Waals surface area contributed by atoms with E-state index in [9.17, 15) is 14.4 Å². The number of carbonyl (C=O) groups excluding carboxylic acids is 1. The standard InChI is InChI=1S/C17H20FN5O2/c1-17(2,3)25-16(24)22-8-6-11(7-9-22)23-15-12(10-19)13(18)4-5-14(15)20-21-23/h4-5,11H,6-9H2,1-3H3. The predicted octanol–water partition coefficient (Wildman–Crippen LogP) is 3.01. The van der Waals surface area contributed by atoms with Crippen molar-refractivity contribution in [2.24, 2.45) is 0 Å². The molecule has 3 rings (SSSR count). The first-order chi connectivity index (χ1) is 11.8. The molecule has 8 heteroatoms. The molecule has 0 atom stereocenters. The highest BCUT2D eigenvalue weighted by atomic mass is 19.1. The van der Waals surface area contributed by atoms with E-state index < -0.39 is 11.4 Å². The molecule has 1 saturated heterocycles. The summed E-state index contributed by atoms with van der Waals surface area (Å²) in [7, 11) is 0. The summed E-state index contributed by atoms with van der Waals surface area (Å²) in [5.74, 6) is -0.579. The number of aromatic nitrogens is 3. The molecule has 132 valence electrons. The zero-order valence-electron chi connectivity index (χ0n) is 14.5. The van der Waals surface area contributed by atoms with Crippen LogP contribution in [0, 0.1) is 17.1 Å². The average Bonchev–Trinajstić information content (AvgIpc) is 2.97. The van der Waals surface area contributed by atoms with Crippen LogP contribution < -0.4 is 0 Å². The molecule has 1 aliphatic heterocycles. The Morgan fingerprint density at radius 2 is 2.04 bits per heavy atom. The Kier molecular flexibility index (Phi) is 4.33. The highest BCUT2D eigenvalue weighted by molar-refractivity contribution is 5.81. The molecule has 1 aromatic carbocycles. The number of nitriles is 1. The molecule has 2 heterocycles. The van der Waals surface area contributed by atoms with Crippen LogP contribution >= 0.6 is 0 Å². The quantitative estimate of drug-likeness (QED) is 0.793. The molecular weight excluding hydrogens is 325 g/mol. The topological polar surface area (TPSA) is 84.0 Å². The monoisotopic (exact) mass is 345 g/mol. The number of carbonyl (C=O) groups is 1. The lowest BCUT2D eigenvalue weighted by Gasteiger charge is -2.33. The minimum Gasteiger partial charge on any atom is -0.444 e. The van der Waals surface area contributed by atoms with Crippen molar-refractivity contribution in [2.45, 2.75) is 45.3 Å². The number of hydrogen-bond acceptors (Lipinski definition) is 5. The van der Waals surface area contributed by atoms with Gasteiger partial charge in [-0.15, -0.1) is 5.10 Å².